The van der Waals surface area contributed by atoms with Crippen molar-refractivity contribution in [3.05, 3.63) is 82.8 Å². The molecule has 0 saturated carbocycles. The van der Waals surface area contributed by atoms with Gasteiger partial charge >= 0.3 is 5.97 Å². The zero-order chi connectivity index (χ0) is 20.5. The Morgan fingerprint density at radius 2 is 1.66 bits per heavy atom. The number of aryl methyl sites for hydroxylation is 2. The standard InChI is InChI=1S/C23H21N3O3/c1-14-22(18-11-7-8-12-19(18)24-14)20(27)13-29-23(28)21-15(2)25-26(16(21)3)17-9-5-4-6-10-17/h4-12,24H,13H2,1-3H3. The lowest BCUT2D eigenvalue weighted by Crippen LogP contribution is -2.16. The molecule has 0 radical (unpaired) electrons. The summed E-state index contributed by atoms with van der Waals surface area (Å²) < 4.78 is 7.08. The first-order valence-corrected chi connectivity index (χ1v) is 9.36. The topological polar surface area (TPSA) is 77.0 Å². The zero-order valence-corrected chi connectivity index (χ0v) is 16.5. The number of Topliss-reactive ketones (excluding diaryl/α,β-unsaturated/α-hetero) is 1. The van der Waals surface area contributed by atoms with Gasteiger partial charge in [0.05, 0.1) is 17.1 Å². The third-order valence-electron chi connectivity index (χ3n) is 5.00. The van der Waals surface area contributed by atoms with Crippen molar-refractivity contribution in [2.75, 3.05) is 6.61 Å². The Bertz CT molecular complexity index is 1220. The molecule has 0 aliphatic heterocycles. The Morgan fingerprint density at radius 1 is 0.966 bits per heavy atom. The number of nitrogens with one attached hydrogen (secondary N) is 1. The number of nitrogens with zero attached hydrogens (tertiary/aromatic N) is 2. The molecule has 6 heteroatoms. The van der Waals surface area contributed by atoms with Gasteiger partial charge in [0.25, 0.3) is 0 Å². The van der Waals surface area contributed by atoms with Crippen LogP contribution in [0.4, 0.5) is 0 Å². The summed E-state index contributed by atoms with van der Waals surface area (Å²) in [5.74, 6) is -0.785. The first-order valence-electron chi connectivity index (χ1n) is 9.36. The molecule has 0 bridgehead atoms. The normalized spacial score (nSPS) is 11.0. The Balaban J connectivity index is 1.55. The molecule has 4 aromatic rings. The van der Waals surface area contributed by atoms with E-state index < -0.39 is 5.97 Å². The molecule has 0 fully saturated rings. The highest BCUT2D eigenvalue weighted by molar-refractivity contribution is 6.10. The van der Waals surface area contributed by atoms with E-state index in [4.69, 9.17) is 4.74 Å². The number of rotatable bonds is 5. The molecule has 29 heavy (non-hydrogen) atoms. The molecule has 0 unspecified atom stereocenters. The first kappa shape index (κ1) is 18.7. The largest absolute Gasteiger partial charge is 0.454 e. The summed E-state index contributed by atoms with van der Waals surface area (Å²) in [6.45, 7) is 5.09. The van der Waals surface area contributed by atoms with Crippen molar-refractivity contribution < 1.29 is 14.3 Å². The third-order valence-corrected chi connectivity index (χ3v) is 5.00. The van der Waals surface area contributed by atoms with Gasteiger partial charge in [-0.15, -0.1) is 0 Å². The highest BCUT2D eigenvalue weighted by atomic mass is 16.5. The van der Waals surface area contributed by atoms with Gasteiger partial charge in [0.1, 0.15) is 5.56 Å². The van der Waals surface area contributed by atoms with Crippen molar-refractivity contribution in [2.45, 2.75) is 20.8 Å². The Morgan fingerprint density at radius 3 is 2.41 bits per heavy atom. The van der Waals surface area contributed by atoms with Crippen LogP contribution in [-0.4, -0.2) is 33.1 Å². The van der Waals surface area contributed by atoms with Crippen LogP contribution < -0.4 is 0 Å². The van der Waals surface area contributed by atoms with Crippen molar-refractivity contribution in [1.82, 2.24) is 14.8 Å². The number of hydrogen-bond acceptors (Lipinski definition) is 4. The Kier molecular flexibility index (Phi) is 4.76. The number of aromatic nitrogens is 3. The predicted octanol–water partition coefficient (Wildman–Crippen LogP) is 4.32. The molecule has 146 valence electrons. The van der Waals surface area contributed by atoms with Crippen molar-refractivity contribution in [2.24, 2.45) is 0 Å². The fourth-order valence-electron chi connectivity index (χ4n) is 3.67. The van der Waals surface area contributed by atoms with Crippen molar-refractivity contribution in [3.63, 3.8) is 0 Å². The van der Waals surface area contributed by atoms with Crippen LogP contribution in [0.2, 0.25) is 0 Å². The number of carbonyl (C=O) groups excluding carboxylic acids is 2. The number of ketones is 1. The first-order chi connectivity index (χ1) is 14.0. The van der Waals surface area contributed by atoms with Crippen LogP contribution >= 0.6 is 0 Å². The molecular formula is C23H21N3O3. The maximum Gasteiger partial charge on any atom is 0.342 e. The summed E-state index contributed by atoms with van der Waals surface area (Å²) in [5.41, 5.74) is 4.69. The van der Waals surface area contributed by atoms with Gasteiger partial charge in [0, 0.05) is 22.2 Å². The number of hydrogen-bond donors (Lipinski definition) is 1. The van der Waals surface area contributed by atoms with E-state index in [2.05, 4.69) is 10.1 Å². The second kappa shape index (κ2) is 7.39. The van der Waals surface area contributed by atoms with Crippen LogP contribution in [0.5, 0.6) is 0 Å². The molecule has 0 amide bonds. The summed E-state index contributed by atoms with van der Waals surface area (Å²) in [7, 11) is 0. The number of para-hydroxylation sites is 2. The summed E-state index contributed by atoms with van der Waals surface area (Å²) in [6.07, 6.45) is 0. The molecule has 6 nitrogen and oxygen atoms in total. The molecule has 0 aliphatic rings. The quantitative estimate of drug-likeness (QED) is 0.409. The number of H-pyrrole nitrogens is 1. The number of aromatic amines is 1. The van der Waals surface area contributed by atoms with E-state index in [0.29, 0.717) is 22.5 Å². The Labute approximate surface area is 168 Å². The van der Waals surface area contributed by atoms with Gasteiger partial charge in [-0.05, 0) is 39.0 Å². The molecule has 0 spiro atoms. The van der Waals surface area contributed by atoms with Crippen LogP contribution in [0.3, 0.4) is 0 Å². The molecule has 4 rings (SSSR count). The van der Waals surface area contributed by atoms with Crippen LogP contribution in [0.15, 0.2) is 54.6 Å². The molecule has 2 aromatic carbocycles. The van der Waals surface area contributed by atoms with Crippen molar-refractivity contribution in [3.8, 4) is 5.69 Å². The maximum absolute atomic E-state index is 12.8. The highest BCUT2D eigenvalue weighted by Gasteiger charge is 2.23. The van der Waals surface area contributed by atoms with Gasteiger partial charge in [-0.25, -0.2) is 9.48 Å². The van der Waals surface area contributed by atoms with E-state index in [0.717, 1.165) is 22.3 Å². The fourth-order valence-corrected chi connectivity index (χ4v) is 3.67. The van der Waals surface area contributed by atoms with E-state index in [1.165, 1.54) is 0 Å². The molecule has 2 aromatic heterocycles. The highest BCUT2D eigenvalue weighted by Crippen LogP contribution is 2.23. The van der Waals surface area contributed by atoms with E-state index >= 15 is 0 Å². The molecular weight excluding hydrogens is 366 g/mol. The van der Waals surface area contributed by atoms with Crippen LogP contribution in [0.25, 0.3) is 16.6 Å². The van der Waals surface area contributed by atoms with Crippen LogP contribution in [-0.2, 0) is 4.74 Å². The third kappa shape index (κ3) is 3.33. The van der Waals surface area contributed by atoms with Gasteiger partial charge in [-0.1, -0.05) is 36.4 Å². The molecule has 1 N–H and O–H groups in total. The number of benzene rings is 2. The van der Waals surface area contributed by atoms with Gasteiger partial charge in [0.2, 0.25) is 5.78 Å². The summed E-state index contributed by atoms with van der Waals surface area (Å²) in [4.78, 5) is 28.7. The van der Waals surface area contributed by atoms with E-state index in [-0.39, 0.29) is 12.4 Å². The van der Waals surface area contributed by atoms with Crippen molar-refractivity contribution in [1.29, 1.82) is 0 Å². The lowest BCUT2D eigenvalue weighted by atomic mass is 10.1. The lowest BCUT2D eigenvalue weighted by molar-refractivity contribution is 0.0473. The number of carbonyl (C=O) groups is 2. The molecule has 0 saturated heterocycles. The lowest BCUT2D eigenvalue weighted by Gasteiger charge is -2.06. The minimum Gasteiger partial charge on any atom is -0.454 e. The molecule has 2 heterocycles. The van der Waals surface area contributed by atoms with Gasteiger partial charge in [0.15, 0.2) is 6.61 Å². The predicted molar refractivity (Wildman–Crippen MR) is 111 cm³/mol. The summed E-state index contributed by atoms with van der Waals surface area (Å²) in [6, 6.07) is 17.1. The summed E-state index contributed by atoms with van der Waals surface area (Å²) in [5, 5.41) is 5.29. The van der Waals surface area contributed by atoms with E-state index in [1.54, 1.807) is 11.6 Å². The van der Waals surface area contributed by atoms with Gasteiger partial charge < -0.3 is 9.72 Å². The minimum absolute atomic E-state index is 0.237. The van der Waals surface area contributed by atoms with Gasteiger partial charge in [-0.3, -0.25) is 4.79 Å². The average Bonchev–Trinajstić information content (AvgIpc) is 3.21. The maximum atomic E-state index is 12.8. The minimum atomic E-state index is -0.548. The SMILES string of the molecule is Cc1nn(-c2ccccc2)c(C)c1C(=O)OCC(=O)c1c(C)[nH]c2ccccc12. The fraction of sp³-hybridized carbons (Fsp3) is 0.174. The summed E-state index contributed by atoms with van der Waals surface area (Å²) >= 11 is 0. The van der Waals surface area contributed by atoms with Gasteiger partial charge in [-0.2, -0.15) is 5.10 Å². The molecule has 0 aliphatic carbocycles. The monoisotopic (exact) mass is 387 g/mol. The van der Waals surface area contributed by atoms with Crippen LogP contribution in [0.1, 0.15) is 37.8 Å². The molecule has 0 atom stereocenters. The second-order valence-corrected chi connectivity index (χ2v) is 6.96. The number of ether oxygens (including phenoxy) is 1. The number of esters is 1. The number of fused-ring (bicyclic) bond motifs is 1. The van der Waals surface area contributed by atoms with E-state index in [9.17, 15) is 9.59 Å². The zero-order valence-electron chi connectivity index (χ0n) is 16.5. The Hall–Kier alpha value is -3.67. The van der Waals surface area contributed by atoms with E-state index in [1.807, 2.05) is 68.4 Å². The van der Waals surface area contributed by atoms with Crippen molar-refractivity contribution >= 4 is 22.7 Å². The smallest absolute Gasteiger partial charge is 0.342 e. The van der Waals surface area contributed by atoms with Crippen LogP contribution in [0, 0.1) is 20.8 Å². The average molecular weight is 387 g/mol. The second-order valence-electron chi connectivity index (χ2n) is 6.96.